The Labute approximate surface area is 208 Å². The van der Waals surface area contributed by atoms with Crippen LogP contribution in [-0.4, -0.2) is 18.5 Å². The van der Waals surface area contributed by atoms with Gasteiger partial charge in [0.2, 0.25) is 0 Å². The van der Waals surface area contributed by atoms with Crippen LogP contribution in [0.1, 0.15) is 69.0 Å². The van der Waals surface area contributed by atoms with E-state index in [9.17, 15) is 5.11 Å². The van der Waals surface area contributed by atoms with E-state index in [0.29, 0.717) is 5.75 Å². The molecule has 0 aliphatic heterocycles. The largest absolute Gasteiger partial charge is 0.507 e. The number of methoxy groups -OCH3 is 1. The summed E-state index contributed by atoms with van der Waals surface area (Å²) in [5.74, 6) is 1.27. The zero-order valence-corrected chi connectivity index (χ0v) is 22.7. The molecule has 0 amide bonds. The molecule has 1 unspecified atom stereocenters. The Kier molecular flexibility index (Phi) is 7.80. The SMILES string of the molecule is COc1ccc(C(Sc2ccc(SC)cc2)c2cc(C(C)(C)C)c(O)c(C(C)(C)C)c2)cc1. The van der Waals surface area contributed by atoms with Crippen molar-refractivity contribution < 1.29 is 9.84 Å². The third kappa shape index (κ3) is 6.10. The number of rotatable bonds is 6. The molecule has 0 aliphatic carbocycles. The quantitative estimate of drug-likeness (QED) is 0.358. The van der Waals surface area contributed by atoms with Gasteiger partial charge in [0, 0.05) is 9.79 Å². The maximum absolute atomic E-state index is 11.2. The Hall–Kier alpha value is -2.04. The van der Waals surface area contributed by atoms with Crippen LogP contribution in [0, 0.1) is 0 Å². The molecule has 0 radical (unpaired) electrons. The zero-order valence-electron chi connectivity index (χ0n) is 21.0. The fraction of sp³-hybridized carbons (Fsp3) is 0.379. The van der Waals surface area contributed by atoms with Crippen LogP contribution >= 0.6 is 23.5 Å². The third-order valence-corrected chi connectivity index (χ3v) is 7.85. The van der Waals surface area contributed by atoms with E-state index in [2.05, 4.69) is 96.3 Å². The second-order valence-electron chi connectivity index (χ2n) is 10.4. The van der Waals surface area contributed by atoms with Gasteiger partial charge in [0.1, 0.15) is 11.5 Å². The molecule has 0 saturated carbocycles. The molecule has 1 atom stereocenters. The minimum absolute atomic E-state index is 0.0823. The van der Waals surface area contributed by atoms with E-state index in [4.69, 9.17) is 4.74 Å². The van der Waals surface area contributed by atoms with Crippen LogP contribution in [0.15, 0.2) is 70.5 Å². The molecule has 0 spiro atoms. The standard InChI is InChI=1S/C29H36O2S2/c1-28(2,3)24-17-20(18-25(26(24)30)29(4,5)6)27(19-9-11-21(31-7)12-10-19)33-23-15-13-22(32-8)14-16-23/h9-18,27,30H,1-8H3. The molecule has 0 saturated heterocycles. The lowest BCUT2D eigenvalue weighted by molar-refractivity contribution is 0.414. The molecule has 176 valence electrons. The molecule has 0 aromatic heterocycles. The van der Waals surface area contributed by atoms with E-state index in [1.807, 2.05) is 23.9 Å². The number of hydrogen-bond acceptors (Lipinski definition) is 4. The summed E-state index contributed by atoms with van der Waals surface area (Å²) in [4.78, 5) is 2.48. The van der Waals surface area contributed by atoms with Crippen molar-refractivity contribution in [3.8, 4) is 11.5 Å². The number of ether oxygens (including phenoxy) is 1. The van der Waals surface area contributed by atoms with Crippen LogP contribution in [-0.2, 0) is 10.8 Å². The Balaban J connectivity index is 2.19. The average Bonchev–Trinajstić information content (AvgIpc) is 2.77. The maximum atomic E-state index is 11.2. The maximum Gasteiger partial charge on any atom is 0.123 e. The van der Waals surface area contributed by atoms with Crippen LogP contribution in [0.3, 0.4) is 0 Å². The Morgan fingerprint density at radius 2 is 1.21 bits per heavy atom. The fourth-order valence-electron chi connectivity index (χ4n) is 3.85. The van der Waals surface area contributed by atoms with E-state index in [1.54, 1.807) is 18.9 Å². The van der Waals surface area contributed by atoms with Crippen LogP contribution in [0.4, 0.5) is 0 Å². The highest BCUT2D eigenvalue weighted by Crippen LogP contribution is 2.46. The Morgan fingerprint density at radius 1 is 0.727 bits per heavy atom. The molecule has 0 bridgehead atoms. The Bertz CT molecular complexity index is 1040. The van der Waals surface area contributed by atoms with Gasteiger partial charge in [-0.3, -0.25) is 0 Å². The minimum Gasteiger partial charge on any atom is -0.507 e. The molecule has 33 heavy (non-hydrogen) atoms. The highest BCUT2D eigenvalue weighted by Gasteiger charge is 2.29. The Morgan fingerprint density at radius 3 is 1.64 bits per heavy atom. The van der Waals surface area contributed by atoms with Gasteiger partial charge in [-0.2, -0.15) is 0 Å². The van der Waals surface area contributed by atoms with E-state index >= 15 is 0 Å². The molecular weight excluding hydrogens is 444 g/mol. The van der Waals surface area contributed by atoms with Gasteiger partial charge in [-0.1, -0.05) is 65.8 Å². The lowest BCUT2D eigenvalue weighted by Gasteiger charge is -2.30. The lowest BCUT2D eigenvalue weighted by Crippen LogP contribution is -2.18. The number of phenols is 1. The van der Waals surface area contributed by atoms with Crippen molar-refractivity contribution in [3.63, 3.8) is 0 Å². The number of phenolic OH excluding ortho intramolecular Hbond substituents is 1. The predicted octanol–water partition coefficient (Wildman–Crippen LogP) is 8.60. The van der Waals surface area contributed by atoms with Gasteiger partial charge in [-0.05, 0) is 75.7 Å². The summed E-state index contributed by atoms with van der Waals surface area (Å²) < 4.78 is 5.40. The van der Waals surface area contributed by atoms with E-state index in [0.717, 1.165) is 16.9 Å². The highest BCUT2D eigenvalue weighted by atomic mass is 32.2. The zero-order chi connectivity index (χ0) is 24.4. The molecule has 0 fully saturated rings. The normalized spacial score (nSPS) is 13.1. The number of hydrogen-bond donors (Lipinski definition) is 1. The van der Waals surface area contributed by atoms with E-state index in [1.165, 1.54) is 20.9 Å². The van der Waals surface area contributed by atoms with Crippen molar-refractivity contribution in [3.05, 3.63) is 82.9 Å². The predicted molar refractivity (Wildman–Crippen MR) is 144 cm³/mol. The molecule has 3 aromatic rings. The first-order valence-corrected chi connectivity index (χ1v) is 13.4. The molecular formula is C29H36O2S2. The third-order valence-electron chi connectivity index (χ3n) is 5.78. The van der Waals surface area contributed by atoms with Crippen LogP contribution < -0.4 is 4.74 Å². The minimum atomic E-state index is -0.171. The van der Waals surface area contributed by atoms with Gasteiger partial charge < -0.3 is 9.84 Å². The van der Waals surface area contributed by atoms with Crippen molar-refractivity contribution >= 4 is 23.5 Å². The molecule has 2 nitrogen and oxygen atoms in total. The van der Waals surface area contributed by atoms with Gasteiger partial charge in [0.25, 0.3) is 0 Å². The average molecular weight is 481 g/mol. The number of benzene rings is 3. The van der Waals surface area contributed by atoms with Crippen LogP contribution in [0.2, 0.25) is 0 Å². The highest BCUT2D eigenvalue weighted by molar-refractivity contribution is 7.99. The number of aromatic hydroxyl groups is 1. The second kappa shape index (κ2) is 10.1. The summed E-state index contributed by atoms with van der Waals surface area (Å²) in [6, 6.07) is 21.5. The van der Waals surface area contributed by atoms with Crippen LogP contribution in [0.25, 0.3) is 0 Å². The van der Waals surface area contributed by atoms with E-state index in [-0.39, 0.29) is 16.1 Å². The number of thioether (sulfide) groups is 2. The summed E-state index contributed by atoms with van der Waals surface area (Å²) in [5.41, 5.74) is 4.04. The van der Waals surface area contributed by atoms with Crippen molar-refractivity contribution in [2.24, 2.45) is 0 Å². The van der Waals surface area contributed by atoms with Gasteiger partial charge in [-0.25, -0.2) is 0 Å². The van der Waals surface area contributed by atoms with Crippen molar-refractivity contribution in [2.75, 3.05) is 13.4 Å². The first-order chi connectivity index (χ1) is 15.4. The molecule has 3 aromatic carbocycles. The van der Waals surface area contributed by atoms with Crippen LogP contribution in [0.5, 0.6) is 11.5 Å². The molecule has 0 aliphatic rings. The fourth-order valence-corrected chi connectivity index (χ4v) is 5.39. The van der Waals surface area contributed by atoms with Crippen molar-refractivity contribution in [1.82, 2.24) is 0 Å². The second-order valence-corrected chi connectivity index (χ2v) is 12.5. The van der Waals surface area contributed by atoms with Gasteiger partial charge in [-0.15, -0.1) is 23.5 Å². The monoisotopic (exact) mass is 480 g/mol. The first-order valence-electron chi connectivity index (χ1n) is 11.3. The van der Waals surface area contributed by atoms with Gasteiger partial charge in [0.15, 0.2) is 0 Å². The lowest BCUT2D eigenvalue weighted by atomic mass is 9.78. The molecule has 3 rings (SSSR count). The van der Waals surface area contributed by atoms with Crippen molar-refractivity contribution in [2.45, 2.75) is 67.4 Å². The summed E-state index contributed by atoms with van der Waals surface area (Å²) in [7, 11) is 1.69. The smallest absolute Gasteiger partial charge is 0.123 e. The summed E-state index contributed by atoms with van der Waals surface area (Å²) in [6.07, 6.45) is 2.10. The van der Waals surface area contributed by atoms with Gasteiger partial charge >= 0.3 is 0 Å². The summed E-state index contributed by atoms with van der Waals surface area (Å²) >= 11 is 3.59. The summed E-state index contributed by atoms with van der Waals surface area (Å²) in [6.45, 7) is 13.0. The molecule has 1 N–H and O–H groups in total. The topological polar surface area (TPSA) is 29.5 Å². The first kappa shape index (κ1) is 25.6. The van der Waals surface area contributed by atoms with Gasteiger partial charge in [0.05, 0.1) is 12.4 Å². The molecule has 4 heteroatoms. The summed E-state index contributed by atoms with van der Waals surface area (Å²) in [5, 5.41) is 11.3. The molecule has 0 heterocycles. The van der Waals surface area contributed by atoms with Crippen molar-refractivity contribution in [1.29, 1.82) is 0 Å². The van der Waals surface area contributed by atoms with E-state index < -0.39 is 0 Å².